The van der Waals surface area contributed by atoms with E-state index in [9.17, 15) is 23.1 Å². The Balaban J connectivity index is 1.73. The third kappa shape index (κ3) is 5.54. The first-order valence-electron chi connectivity index (χ1n) is 9.94. The highest BCUT2D eigenvalue weighted by molar-refractivity contribution is 8.14. The van der Waals surface area contributed by atoms with Gasteiger partial charge in [0.2, 0.25) is 0 Å². The van der Waals surface area contributed by atoms with Crippen LogP contribution in [0.5, 0.6) is 0 Å². The Kier molecular flexibility index (Phi) is 7.03. The molecule has 3 atom stereocenters. The smallest absolute Gasteiger partial charge is 0.379 e. The monoisotopic (exact) mass is 470 g/mol. The molecule has 0 fully saturated rings. The van der Waals surface area contributed by atoms with E-state index in [0.29, 0.717) is 17.8 Å². The molecule has 1 aromatic heterocycles. The number of halogens is 3. The summed E-state index contributed by atoms with van der Waals surface area (Å²) in [7, 11) is 0. The predicted molar refractivity (Wildman–Crippen MR) is 116 cm³/mol. The van der Waals surface area contributed by atoms with Crippen molar-refractivity contribution in [3.05, 3.63) is 47.3 Å². The van der Waals surface area contributed by atoms with Crippen molar-refractivity contribution in [1.82, 2.24) is 14.7 Å². The van der Waals surface area contributed by atoms with E-state index in [0.717, 1.165) is 23.9 Å². The third-order valence-electron chi connectivity index (χ3n) is 5.05. The number of rotatable bonds is 7. The van der Waals surface area contributed by atoms with Crippen LogP contribution < -0.4 is 11.1 Å². The normalized spacial score (nSPS) is 18.2. The van der Waals surface area contributed by atoms with Gasteiger partial charge in [-0.2, -0.15) is 18.3 Å². The highest BCUT2D eigenvalue weighted by Gasteiger charge is 2.34. The Morgan fingerprint density at radius 2 is 2.06 bits per heavy atom. The number of nitrogens with one attached hydrogen (secondary N) is 2. The lowest BCUT2D eigenvalue weighted by Crippen LogP contribution is -2.42. The van der Waals surface area contributed by atoms with Crippen LogP contribution in [0.25, 0.3) is 0 Å². The van der Waals surface area contributed by atoms with Crippen LogP contribution in [-0.4, -0.2) is 48.9 Å². The first kappa shape index (κ1) is 23.9. The first-order valence-corrected chi connectivity index (χ1v) is 10.8. The summed E-state index contributed by atoms with van der Waals surface area (Å²) in [6, 6.07) is 4.58. The van der Waals surface area contributed by atoms with Crippen LogP contribution in [0.4, 0.5) is 18.9 Å². The molecule has 0 aliphatic carbocycles. The van der Waals surface area contributed by atoms with Crippen LogP contribution in [-0.2, 0) is 12.7 Å². The molecule has 0 saturated carbocycles. The Morgan fingerprint density at radius 1 is 1.41 bits per heavy atom. The van der Waals surface area contributed by atoms with Crippen molar-refractivity contribution in [2.45, 2.75) is 50.5 Å². The van der Waals surface area contributed by atoms with E-state index >= 15 is 0 Å². The predicted octanol–water partition coefficient (Wildman–Crippen LogP) is 3.25. The fourth-order valence-corrected chi connectivity index (χ4v) is 4.33. The van der Waals surface area contributed by atoms with E-state index < -0.39 is 18.0 Å². The molecule has 2 aromatic rings. The van der Waals surface area contributed by atoms with Crippen LogP contribution >= 0.6 is 11.8 Å². The lowest BCUT2D eigenvalue weighted by atomic mass is 10.1. The molecule has 32 heavy (non-hydrogen) atoms. The lowest BCUT2D eigenvalue weighted by Gasteiger charge is -2.32. The number of carbonyl (C=O) groups is 1. The van der Waals surface area contributed by atoms with Crippen molar-refractivity contribution in [1.29, 1.82) is 5.41 Å². The van der Waals surface area contributed by atoms with E-state index in [1.807, 2.05) is 13.8 Å². The number of hydrogen-bond donors (Lipinski definition) is 4. The number of benzene rings is 1. The number of amides is 1. The van der Waals surface area contributed by atoms with E-state index in [1.54, 1.807) is 9.58 Å². The molecule has 5 N–H and O–H groups in total. The molecule has 8 nitrogen and oxygen atoms in total. The van der Waals surface area contributed by atoms with Gasteiger partial charge < -0.3 is 21.1 Å². The van der Waals surface area contributed by atoms with Gasteiger partial charge in [0.1, 0.15) is 11.9 Å². The molecule has 0 unspecified atom stereocenters. The zero-order chi connectivity index (χ0) is 23.6. The van der Waals surface area contributed by atoms with E-state index in [-0.39, 0.29) is 41.0 Å². The van der Waals surface area contributed by atoms with E-state index in [2.05, 4.69) is 10.4 Å². The maximum atomic E-state index is 13.1. The molecule has 1 amide bonds. The van der Waals surface area contributed by atoms with E-state index in [4.69, 9.17) is 11.1 Å². The highest BCUT2D eigenvalue weighted by Crippen LogP contribution is 2.31. The number of nitrogens with zero attached hydrogens (tertiary/aromatic N) is 3. The second-order valence-corrected chi connectivity index (χ2v) is 9.25. The molecule has 3 rings (SSSR count). The van der Waals surface area contributed by atoms with Gasteiger partial charge in [-0.1, -0.05) is 30.8 Å². The molecule has 0 radical (unpaired) electrons. The van der Waals surface area contributed by atoms with Crippen LogP contribution in [0.1, 0.15) is 47.9 Å². The van der Waals surface area contributed by atoms with Crippen molar-refractivity contribution in [3.63, 3.8) is 0 Å². The minimum Gasteiger partial charge on any atom is -0.379 e. The van der Waals surface area contributed by atoms with Crippen molar-refractivity contribution in [2.75, 3.05) is 11.9 Å². The maximum Gasteiger partial charge on any atom is 0.416 e. The summed E-state index contributed by atoms with van der Waals surface area (Å²) in [6.07, 6.45) is -3.65. The first-order chi connectivity index (χ1) is 15.0. The quantitative estimate of drug-likeness (QED) is 0.280. The number of anilines is 1. The number of aromatic nitrogens is 2. The third-order valence-corrected chi connectivity index (χ3v) is 5.90. The maximum absolute atomic E-state index is 13.1. The molecule has 1 aliphatic heterocycles. The number of hydrogen-bond acceptors (Lipinski definition) is 6. The van der Waals surface area contributed by atoms with Crippen molar-refractivity contribution < 1.29 is 23.1 Å². The van der Waals surface area contributed by atoms with Gasteiger partial charge in [0.25, 0.3) is 5.91 Å². The minimum atomic E-state index is -4.41. The van der Waals surface area contributed by atoms with Crippen LogP contribution in [0.15, 0.2) is 30.5 Å². The van der Waals surface area contributed by atoms with Crippen molar-refractivity contribution >= 4 is 28.5 Å². The fourth-order valence-electron chi connectivity index (χ4n) is 3.62. The summed E-state index contributed by atoms with van der Waals surface area (Å²) in [5.41, 5.74) is 5.85. The summed E-state index contributed by atoms with van der Waals surface area (Å²) in [6.45, 7) is 4.21. The number of nitrogens with two attached hydrogens (primary N) is 1. The second kappa shape index (κ2) is 9.41. The van der Waals surface area contributed by atoms with Gasteiger partial charge in [0, 0.05) is 24.8 Å². The number of fused-ring (bicyclic) bond motifs is 1. The van der Waals surface area contributed by atoms with Gasteiger partial charge in [-0.05, 0) is 24.6 Å². The molecule has 12 heteroatoms. The van der Waals surface area contributed by atoms with E-state index in [1.165, 1.54) is 18.3 Å². The molecule has 1 aromatic carbocycles. The highest BCUT2D eigenvalue weighted by atomic mass is 32.2. The van der Waals surface area contributed by atoms with Gasteiger partial charge >= 0.3 is 6.18 Å². The summed E-state index contributed by atoms with van der Waals surface area (Å²) in [4.78, 5) is 14.7. The Morgan fingerprint density at radius 3 is 2.66 bits per heavy atom. The number of aliphatic hydroxyl groups excluding tert-OH is 1. The fraction of sp³-hybridized carbons (Fsp3) is 0.450. The largest absolute Gasteiger partial charge is 0.416 e. The molecule has 2 heterocycles. The van der Waals surface area contributed by atoms with Gasteiger partial charge in [0.05, 0.1) is 23.5 Å². The van der Waals surface area contributed by atoms with Crippen LogP contribution in [0.2, 0.25) is 0 Å². The summed E-state index contributed by atoms with van der Waals surface area (Å²) in [5, 5.41) is 24.7. The second-order valence-electron chi connectivity index (χ2n) is 7.77. The average molecular weight is 471 g/mol. The lowest BCUT2D eigenvalue weighted by molar-refractivity contribution is -0.137. The van der Waals surface area contributed by atoms with Gasteiger partial charge in [0.15, 0.2) is 5.17 Å². The molecular formula is C20H25F3N6O2S. The number of thioether (sulfide) groups is 1. The molecule has 174 valence electrons. The average Bonchev–Trinajstić information content (AvgIpc) is 3.09. The minimum absolute atomic E-state index is 0.0458. The summed E-state index contributed by atoms with van der Waals surface area (Å²) < 4.78 is 40.0. The topological polar surface area (TPSA) is 120 Å². The SMILES string of the molecule is C[C@H](C[C@@H](O)Nc1cnn2c1C(=O)N(Cc1ccc(C(F)(F)F)cc1)C[C@@H]2C)SC(=N)N. The van der Waals surface area contributed by atoms with Gasteiger partial charge in [-0.3, -0.25) is 14.9 Å². The summed E-state index contributed by atoms with van der Waals surface area (Å²) >= 11 is 1.12. The zero-order valence-electron chi connectivity index (χ0n) is 17.6. The molecule has 0 spiro atoms. The van der Waals surface area contributed by atoms with Crippen LogP contribution in [0, 0.1) is 5.41 Å². The number of carbonyl (C=O) groups excluding carboxylic acids is 1. The number of amidine groups is 1. The number of aliphatic hydroxyl groups is 1. The van der Waals surface area contributed by atoms with Crippen LogP contribution in [0.3, 0.4) is 0 Å². The Bertz CT molecular complexity index is 979. The van der Waals surface area contributed by atoms with Gasteiger partial charge in [-0.25, -0.2) is 0 Å². The molecule has 0 saturated heterocycles. The zero-order valence-corrected chi connectivity index (χ0v) is 18.4. The number of alkyl halides is 3. The van der Waals surface area contributed by atoms with Crippen molar-refractivity contribution in [3.8, 4) is 0 Å². The summed E-state index contributed by atoms with van der Waals surface area (Å²) in [5.74, 6) is -0.332. The Labute approximate surface area is 187 Å². The van der Waals surface area contributed by atoms with Gasteiger partial charge in [-0.15, -0.1) is 0 Å². The Hall–Kier alpha value is -2.73. The van der Waals surface area contributed by atoms with Crippen molar-refractivity contribution in [2.24, 2.45) is 5.73 Å². The molecule has 1 aliphatic rings. The molecular weight excluding hydrogens is 445 g/mol. The standard InChI is InChI=1S/C20H25F3N6O2S/c1-11-9-28(10-13-3-5-14(6-4-13)20(21,22)23)18(31)17-15(8-26-29(11)17)27-16(30)7-12(2)32-19(24)25/h3-6,8,11-12,16,27,30H,7,9-10H2,1-2H3,(H3,24,25)/t11-,12+,16+/m0/s1. The molecule has 0 bridgehead atoms.